The molecule has 2 aliphatic heterocycles. The van der Waals surface area contributed by atoms with Crippen molar-refractivity contribution >= 4 is 15.7 Å². The minimum absolute atomic E-state index is 0.104. The van der Waals surface area contributed by atoms with E-state index in [0.29, 0.717) is 6.54 Å². The average molecular weight is 325 g/mol. The molecule has 2 heterocycles. The van der Waals surface area contributed by atoms with Crippen LogP contribution in [0.25, 0.3) is 0 Å². The lowest BCUT2D eigenvalue weighted by Gasteiger charge is -2.43. The van der Waals surface area contributed by atoms with Crippen LogP contribution in [0.3, 0.4) is 0 Å². The molecule has 2 aliphatic rings. The number of sulfonamides is 1. The number of nitrogens with zero attached hydrogens (tertiary/aromatic N) is 2. The summed E-state index contributed by atoms with van der Waals surface area (Å²) in [5.74, 6) is 0. The summed E-state index contributed by atoms with van der Waals surface area (Å²) >= 11 is 0. The van der Waals surface area contributed by atoms with E-state index in [-0.39, 0.29) is 22.7 Å². The third-order valence-corrected chi connectivity index (χ3v) is 6.43. The van der Waals surface area contributed by atoms with Gasteiger partial charge < -0.3 is 5.32 Å². The molecule has 0 amide bonds. The molecule has 2 saturated heterocycles. The predicted molar refractivity (Wildman–Crippen MR) is 81.0 cm³/mol. The highest BCUT2D eigenvalue weighted by Crippen LogP contribution is 2.33. The van der Waals surface area contributed by atoms with Crippen molar-refractivity contribution in [1.29, 1.82) is 0 Å². The fourth-order valence-corrected chi connectivity index (χ4v) is 5.35. The van der Waals surface area contributed by atoms with Gasteiger partial charge in [0.15, 0.2) is 4.90 Å². The van der Waals surface area contributed by atoms with E-state index >= 15 is 0 Å². The molecule has 2 atom stereocenters. The fourth-order valence-electron chi connectivity index (χ4n) is 3.46. The third-order valence-electron chi connectivity index (χ3n) is 4.46. The van der Waals surface area contributed by atoms with Crippen molar-refractivity contribution in [3.63, 3.8) is 0 Å². The highest BCUT2D eigenvalue weighted by Gasteiger charge is 2.41. The summed E-state index contributed by atoms with van der Waals surface area (Å²) in [6.45, 7) is 1.33. The van der Waals surface area contributed by atoms with Gasteiger partial charge in [-0.15, -0.1) is 0 Å². The quantitative estimate of drug-likeness (QED) is 0.671. The van der Waals surface area contributed by atoms with E-state index in [9.17, 15) is 18.5 Å². The molecule has 1 aromatic rings. The van der Waals surface area contributed by atoms with Crippen molar-refractivity contribution in [3.05, 3.63) is 34.4 Å². The Labute approximate surface area is 129 Å². The van der Waals surface area contributed by atoms with E-state index in [1.807, 2.05) is 0 Å². The molecule has 22 heavy (non-hydrogen) atoms. The molecular weight excluding hydrogens is 306 g/mol. The van der Waals surface area contributed by atoms with Gasteiger partial charge in [-0.25, -0.2) is 8.42 Å². The van der Waals surface area contributed by atoms with Crippen molar-refractivity contribution in [2.75, 3.05) is 13.1 Å². The molecule has 0 saturated carbocycles. The first-order valence-corrected chi connectivity index (χ1v) is 8.94. The van der Waals surface area contributed by atoms with Crippen molar-refractivity contribution in [2.45, 2.75) is 42.7 Å². The number of rotatable bonds is 3. The highest BCUT2D eigenvalue weighted by atomic mass is 32.2. The van der Waals surface area contributed by atoms with E-state index in [1.54, 1.807) is 0 Å². The van der Waals surface area contributed by atoms with Gasteiger partial charge in [0, 0.05) is 24.7 Å². The Morgan fingerprint density at radius 3 is 2.77 bits per heavy atom. The molecule has 7 nitrogen and oxygen atoms in total. The van der Waals surface area contributed by atoms with Crippen molar-refractivity contribution in [3.8, 4) is 0 Å². The van der Waals surface area contributed by atoms with Gasteiger partial charge in [0.25, 0.3) is 5.69 Å². The maximum atomic E-state index is 13.0. The first-order chi connectivity index (χ1) is 10.5. The molecule has 0 aromatic heterocycles. The summed E-state index contributed by atoms with van der Waals surface area (Å²) < 4.78 is 27.4. The first-order valence-electron chi connectivity index (χ1n) is 7.50. The number of nitrogens with one attached hydrogen (secondary N) is 1. The Morgan fingerprint density at radius 2 is 2.00 bits per heavy atom. The zero-order chi connectivity index (χ0) is 15.7. The molecule has 0 radical (unpaired) electrons. The Bertz CT molecular complexity index is 674. The fraction of sp³-hybridized carbons (Fsp3) is 0.571. The Morgan fingerprint density at radius 1 is 1.23 bits per heavy atom. The number of nitro groups is 1. The van der Waals surface area contributed by atoms with Gasteiger partial charge in [-0.3, -0.25) is 10.1 Å². The molecule has 120 valence electrons. The van der Waals surface area contributed by atoms with Crippen LogP contribution in [0, 0.1) is 10.1 Å². The largest absolute Gasteiger partial charge is 0.312 e. The highest BCUT2D eigenvalue weighted by molar-refractivity contribution is 7.89. The number of piperidine rings is 2. The SMILES string of the molecule is O=[N+]([O-])c1ccccc1S(=O)(=O)N1CCCC2NCCCC21. The average Bonchev–Trinajstić information content (AvgIpc) is 2.54. The second kappa shape index (κ2) is 5.94. The van der Waals surface area contributed by atoms with Crippen molar-refractivity contribution in [1.82, 2.24) is 9.62 Å². The van der Waals surface area contributed by atoms with Gasteiger partial charge in [0.1, 0.15) is 0 Å². The Kier molecular flexibility index (Phi) is 4.16. The molecule has 0 bridgehead atoms. The monoisotopic (exact) mass is 325 g/mol. The number of benzene rings is 1. The predicted octanol–water partition coefficient (Wildman–Crippen LogP) is 1.50. The molecule has 0 aliphatic carbocycles. The Balaban J connectivity index is 2.00. The van der Waals surface area contributed by atoms with Crippen molar-refractivity contribution in [2.24, 2.45) is 0 Å². The lowest BCUT2D eigenvalue weighted by Crippen LogP contribution is -2.58. The van der Waals surface area contributed by atoms with Crippen LogP contribution in [-0.2, 0) is 10.0 Å². The van der Waals surface area contributed by atoms with Crippen LogP contribution in [-0.4, -0.2) is 42.8 Å². The number of para-hydroxylation sites is 1. The number of fused-ring (bicyclic) bond motifs is 1. The summed E-state index contributed by atoms with van der Waals surface area (Å²) in [5.41, 5.74) is -0.353. The lowest BCUT2D eigenvalue weighted by atomic mass is 9.91. The summed E-state index contributed by atoms with van der Waals surface area (Å²) in [7, 11) is -3.86. The molecule has 1 N–H and O–H groups in total. The minimum Gasteiger partial charge on any atom is -0.312 e. The Hall–Kier alpha value is -1.51. The maximum Gasteiger partial charge on any atom is 0.289 e. The van der Waals surface area contributed by atoms with Crippen LogP contribution in [0.15, 0.2) is 29.2 Å². The number of nitro benzene ring substituents is 1. The molecule has 8 heteroatoms. The van der Waals surface area contributed by atoms with Crippen LogP contribution in [0.4, 0.5) is 5.69 Å². The first kappa shape index (κ1) is 15.4. The van der Waals surface area contributed by atoms with E-state index in [1.165, 1.54) is 28.6 Å². The molecule has 3 rings (SSSR count). The van der Waals surface area contributed by atoms with Crippen LogP contribution in [0.2, 0.25) is 0 Å². The van der Waals surface area contributed by atoms with Gasteiger partial charge in [0.2, 0.25) is 10.0 Å². The summed E-state index contributed by atoms with van der Waals surface area (Å²) in [6, 6.07) is 5.63. The van der Waals surface area contributed by atoms with E-state index in [4.69, 9.17) is 0 Å². The van der Waals surface area contributed by atoms with Gasteiger partial charge in [0.05, 0.1) is 4.92 Å². The van der Waals surface area contributed by atoms with Gasteiger partial charge in [-0.2, -0.15) is 4.31 Å². The number of hydrogen-bond donors (Lipinski definition) is 1. The third kappa shape index (κ3) is 2.62. The molecular formula is C14H19N3O4S. The zero-order valence-corrected chi connectivity index (χ0v) is 13.0. The summed E-state index contributed by atoms with van der Waals surface area (Å²) in [5, 5.41) is 14.5. The maximum absolute atomic E-state index is 13.0. The van der Waals surface area contributed by atoms with E-state index in [0.717, 1.165) is 32.2 Å². The van der Waals surface area contributed by atoms with Crippen LogP contribution < -0.4 is 5.32 Å². The topological polar surface area (TPSA) is 92.5 Å². The molecule has 2 unspecified atom stereocenters. The smallest absolute Gasteiger partial charge is 0.289 e. The minimum atomic E-state index is -3.86. The van der Waals surface area contributed by atoms with Crippen molar-refractivity contribution < 1.29 is 13.3 Å². The van der Waals surface area contributed by atoms with Gasteiger partial charge >= 0.3 is 0 Å². The van der Waals surface area contributed by atoms with Gasteiger partial charge in [-0.1, -0.05) is 12.1 Å². The lowest BCUT2D eigenvalue weighted by molar-refractivity contribution is -0.387. The summed E-state index contributed by atoms with van der Waals surface area (Å²) in [4.78, 5) is 10.3. The molecule has 1 aromatic carbocycles. The standard InChI is InChI=1S/C14H19N3O4S/c18-17(19)13-6-1-2-8-14(13)22(20,21)16-10-4-5-11-12(16)7-3-9-15-11/h1-2,6,8,11-12,15H,3-5,7,9-10H2. The normalized spacial score (nSPS) is 26.4. The molecule has 0 spiro atoms. The van der Waals surface area contributed by atoms with E-state index < -0.39 is 14.9 Å². The second-order valence-electron chi connectivity index (χ2n) is 5.75. The number of hydrogen-bond acceptors (Lipinski definition) is 5. The second-order valence-corrected chi connectivity index (χ2v) is 7.61. The van der Waals surface area contributed by atoms with Gasteiger partial charge in [-0.05, 0) is 38.3 Å². The van der Waals surface area contributed by atoms with Crippen LogP contribution in [0.1, 0.15) is 25.7 Å². The molecule has 2 fully saturated rings. The summed E-state index contributed by atoms with van der Waals surface area (Å²) in [6.07, 6.45) is 3.45. The van der Waals surface area contributed by atoms with Crippen LogP contribution in [0.5, 0.6) is 0 Å². The van der Waals surface area contributed by atoms with E-state index in [2.05, 4.69) is 5.32 Å². The zero-order valence-electron chi connectivity index (χ0n) is 12.1. The van der Waals surface area contributed by atoms with Crippen LogP contribution >= 0.6 is 0 Å².